The van der Waals surface area contributed by atoms with Gasteiger partial charge in [-0.1, -0.05) is 51.2 Å². The van der Waals surface area contributed by atoms with Gasteiger partial charge in [0.05, 0.1) is 17.8 Å². The summed E-state index contributed by atoms with van der Waals surface area (Å²) in [6.07, 6.45) is 16.9. The highest BCUT2D eigenvalue weighted by molar-refractivity contribution is 6.32. The third-order valence-electron chi connectivity index (χ3n) is 8.65. The van der Waals surface area contributed by atoms with Crippen LogP contribution in [-0.2, 0) is 0 Å². The van der Waals surface area contributed by atoms with Crippen molar-refractivity contribution in [1.29, 1.82) is 0 Å². The van der Waals surface area contributed by atoms with E-state index in [0.29, 0.717) is 24.2 Å². The molecule has 1 aromatic heterocycles. The average Bonchev–Trinajstić information content (AvgIpc) is 3.05. The molecular weight excluding hydrogens is 536 g/mol. The maximum absolute atomic E-state index is 5.67. The number of nitrogens with zero attached hydrogens (tertiary/aromatic N) is 5. The number of benzene rings is 1. The van der Waals surface area contributed by atoms with Crippen LogP contribution in [0.25, 0.3) is 10.9 Å². The summed E-state index contributed by atoms with van der Waals surface area (Å²) in [5.41, 5.74) is 1.58. The van der Waals surface area contributed by atoms with Crippen LogP contribution in [-0.4, -0.2) is 91.2 Å². The van der Waals surface area contributed by atoms with Gasteiger partial charge in [-0.15, -0.1) is 0 Å². The van der Waals surface area contributed by atoms with Crippen molar-refractivity contribution in [3.63, 3.8) is 0 Å². The molecule has 0 radical (unpaired) electrons. The van der Waals surface area contributed by atoms with Crippen LogP contribution in [0.15, 0.2) is 34.4 Å². The van der Waals surface area contributed by atoms with E-state index in [4.69, 9.17) is 15.8 Å². The van der Waals surface area contributed by atoms with Gasteiger partial charge in [-0.05, 0) is 83.3 Å². The van der Waals surface area contributed by atoms with Gasteiger partial charge in [0.1, 0.15) is 5.82 Å². The minimum atomic E-state index is 0.412. The zero-order chi connectivity index (χ0) is 30.0. The first-order valence-electron chi connectivity index (χ1n) is 17.0. The molecule has 1 saturated heterocycles. The van der Waals surface area contributed by atoms with Crippen LogP contribution < -0.4 is 27.1 Å². The minimum Gasteiger partial charge on any atom is -0.367 e. The molecule has 2 heterocycles. The molecule has 0 spiro atoms. The molecule has 2 aliphatic rings. The van der Waals surface area contributed by atoms with Crippen LogP contribution in [0.5, 0.6) is 0 Å². The fraction of sp³-hybridized carbons (Fsp3) is 0.697. The zero-order valence-corrected chi connectivity index (χ0v) is 26.5. The number of likely N-dealkylation sites (tertiary alicyclic amines) is 1. The molecule has 1 saturated carbocycles. The van der Waals surface area contributed by atoms with Crippen LogP contribution in [0.1, 0.15) is 84.0 Å². The SMILES string of the molecule is CCCCCN1CCC(Nc2nc(NCC(C=NCCCNCCCNC3CCCCC3)=NN)nc3ccccc23)CC1. The topological polar surface area (TPSA) is 128 Å². The predicted octanol–water partition coefficient (Wildman–Crippen LogP) is 4.79. The summed E-state index contributed by atoms with van der Waals surface area (Å²) < 4.78 is 0. The Balaban J connectivity index is 1.16. The van der Waals surface area contributed by atoms with Crippen molar-refractivity contribution in [3.8, 4) is 0 Å². The van der Waals surface area contributed by atoms with Gasteiger partial charge in [-0.3, -0.25) is 4.99 Å². The Labute approximate surface area is 259 Å². The molecule has 0 atom stereocenters. The summed E-state index contributed by atoms with van der Waals surface area (Å²) in [5.74, 6) is 7.12. The second-order valence-corrected chi connectivity index (χ2v) is 12.1. The number of aromatic nitrogens is 2. The summed E-state index contributed by atoms with van der Waals surface area (Å²) in [7, 11) is 0. The van der Waals surface area contributed by atoms with Crippen LogP contribution in [0, 0.1) is 0 Å². The minimum absolute atomic E-state index is 0.412. The number of hydrazone groups is 1. The van der Waals surface area contributed by atoms with Gasteiger partial charge in [0.25, 0.3) is 0 Å². The fourth-order valence-corrected chi connectivity index (χ4v) is 6.06. The molecule has 0 bridgehead atoms. The predicted molar refractivity (Wildman–Crippen MR) is 183 cm³/mol. The molecule has 10 nitrogen and oxygen atoms in total. The number of aliphatic imine (C=N–C) groups is 1. The largest absolute Gasteiger partial charge is 0.367 e. The van der Waals surface area contributed by atoms with E-state index in [1.54, 1.807) is 6.21 Å². The number of anilines is 2. The Kier molecular flexibility index (Phi) is 15.0. The lowest BCUT2D eigenvalue weighted by Crippen LogP contribution is -2.39. The van der Waals surface area contributed by atoms with E-state index in [1.807, 2.05) is 18.2 Å². The molecule has 2 fully saturated rings. The Morgan fingerprint density at radius 3 is 2.58 bits per heavy atom. The first-order chi connectivity index (χ1) is 21.2. The molecular formula is C33H56N10. The smallest absolute Gasteiger partial charge is 0.225 e. The van der Waals surface area contributed by atoms with Crippen molar-refractivity contribution in [3.05, 3.63) is 24.3 Å². The fourth-order valence-electron chi connectivity index (χ4n) is 6.06. The molecule has 0 unspecified atom stereocenters. The molecule has 43 heavy (non-hydrogen) atoms. The van der Waals surface area contributed by atoms with Crippen molar-refractivity contribution in [2.24, 2.45) is 15.9 Å². The molecule has 1 aliphatic carbocycles. The number of nitrogens with one attached hydrogen (secondary N) is 4. The molecule has 6 N–H and O–H groups in total. The third kappa shape index (κ3) is 12.0. The van der Waals surface area contributed by atoms with Crippen molar-refractivity contribution in [1.82, 2.24) is 25.5 Å². The number of hydrogen-bond donors (Lipinski definition) is 5. The van der Waals surface area contributed by atoms with Crippen LogP contribution >= 0.6 is 0 Å². The van der Waals surface area contributed by atoms with Gasteiger partial charge in [0, 0.05) is 43.3 Å². The first kappa shape index (κ1) is 33.1. The molecule has 2 aromatic rings. The van der Waals surface area contributed by atoms with Crippen molar-refractivity contribution in [2.45, 2.75) is 96.1 Å². The molecule has 238 valence electrons. The van der Waals surface area contributed by atoms with E-state index in [9.17, 15) is 0 Å². The number of rotatable bonds is 19. The van der Waals surface area contributed by atoms with Crippen molar-refractivity contribution < 1.29 is 0 Å². The van der Waals surface area contributed by atoms with Gasteiger partial charge in [0.2, 0.25) is 5.95 Å². The Hall–Kier alpha value is -2.82. The molecule has 1 aromatic carbocycles. The summed E-state index contributed by atoms with van der Waals surface area (Å²) in [6, 6.07) is 9.33. The van der Waals surface area contributed by atoms with Gasteiger partial charge in [0.15, 0.2) is 0 Å². The summed E-state index contributed by atoms with van der Waals surface area (Å²) in [6.45, 7) is 10.0. The van der Waals surface area contributed by atoms with Gasteiger partial charge < -0.3 is 32.0 Å². The highest BCUT2D eigenvalue weighted by Gasteiger charge is 2.20. The Bertz CT molecular complexity index is 1110. The lowest BCUT2D eigenvalue weighted by atomic mass is 9.95. The first-order valence-corrected chi connectivity index (χ1v) is 17.0. The second-order valence-electron chi connectivity index (χ2n) is 12.1. The number of fused-ring (bicyclic) bond motifs is 1. The quantitative estimate of drug-likeness (QED) is 0.0682. The third-order valence-corrected chi connectivity index (χ3v) is 8.65. The number of unbranched alkanes of at least 4 members (excludes halogenated alkanes) is 2. The van der Waals surface area contributed by atoms with E-state index >= 15 is 0 Å². The second kappa shape index (κ2) is 19.5. The summed E-state index contributed by atoms with van der Waals surface area (Å²) >= 11 is 0. The maximum Gasteiger partial charge on any atom is 0.225 e. The van der Waals surface area contributed by atoms with Crippen molar-refractivity contribution >= 4 is 34.6 Å². The van der Waals surface area contributed by atoms with Crippen molar-refractivity contribution in [2.75, 3.05) is 63.0 Å². The Morgan fingerprint density at radius 2 is 1.77 bits per heavy atom. The van der Waals surface area contributed by atoms with Crippen LogP contribution in [0.3, 0.4) is 0 Å². The van der Waals surface area contributed by atoms with E-state index in [1.165, 1.54) is 64.3 Å². The zero-order valence-electron chi connectivity index (χ0n) is 26.5. The number of nitrogens with two attached hydrogens (primary N) is 1. The molecule has 1 aliphatic heterocycles. The highest BCUT2D eigenvalue weighted by Crippen LogP contribution is 2.25. The van der Waals surface area contributed by atoms with Gasteiger partial charge in [-0.25, -0.2) is 4.98 Å². The highest BCUT2D eigenvalue weighted by atomic mass is 15.2. The number of hydrogen-bond acceptors (Lipinski definition) is 10. The number of para-hydroxylation sites is 1. The van der Waals surface area contributed by atoms with Gasteiger partial charge >= 0.3 is 0 Å². The van der Waals surface area contributed by atoms with E-state index in [2.05, 4.69) is 49.3 Å². The maximum atomic E-state index is 5.67. The monoisotopic (exact) mass is 592 g/mol. The normalized spacial score (nSPS) is 17.7. The van der Waals surface area contributed by atoms with Gasteiger partial charge in [-0.2, -0.15) is 10.1 Å². The number of piperidine rings is 1. The standard InChI is InChI=1S/C33H56N10/c1-2-3-9-22-43-23-16-28(17-24-43)39-32-30-14-7-8-15-31(30)40-33(41-32)38-26-29(42-34)25-36-20-10-18-35-19-11-21-37-27-12-5-4-6-13-27/h7-8,14-15,25,27-28,35,37H,2-6,9-13,16-24,26,34H2,1H3,(H2,38,39,40,41). The van der Waals surface area contributed by atoms with Crippen LogP contribution in [0.2, 0.25) is 0 Å². The van der Waals surface area contributed by atoms with E-state index < -0.39 is 0 Å². The lowest BCUT2D eigenvalue weighted by Gasteiger charge is -2.32. The van der Waals surface area contributed by atoms with E-state index in [-0.39, 0.29) is 0 Å². The Morgan fingerprint density at radius 1 is 0.953 bits per heavy atom. The average molecular weight is 593 g/mol. The summed E-state index contributed by atoms with van der Waals surface area (Å²) in [5, 5.41) is 19.2. The molecule has 4 rings (SSSR count). The molecule has 0 amide bonds. The van der Waals surface area contributed by atoms with E-state index in [0.717, 1.165) is 81.3 Å². The molecule has 10 heteroatoms. The lowest BCUT2D eigenvalue weighted by molar-refractivity contribution is 0.215. The summed E-state index contributed by atoms with van der Waals surface area (Å²) in [4.78, 5) is 16.7. The van der Waals surface area contributed by atoms with Crippen LogP contribution in [0.4, 0.5) is 11.8 Å².